The Labute approximate surface area is 103 Å². The predicted octanol–water partition coefficient (Wildman–Crippen LogP) is 3.74. The molecular weight excluding hydrogens is 208 g/mol. The molecular formula is C15H18N2. The van der Waals surface area contributed by atoms with Gasteiger partial charge in [0, 0.05) is 24.5 Å². The van der Waals surface area contributed by atoms with Crippen LogP contribution in [-0.2, 0) is 6.42 Å². The summed E-state index contributed by atoms with van der Waals surface area (Å²) in [6.07, 6.45) is 4.14. The first-order chi connectivity index (χ1) is 8.33. The van der Waals surface area contributed by atoms with Gasteiger partial charge in [-0.25, -0.2) is 0 Å². The lowest BCUT2D eigenvalue weighted by Gasteiger charge is -2.06. The Morgan fingerprint density at radius 1 is 1.18 bits per heavy atom. The minimum Gasteiger partial charge on any atom is -0.388 e. The van der Waals surface area contributed by atoms with Crippen LogP contribution >= 0.6 is 0 Å². The number of aromatic nitrogens is 1. The molecule has 1 heterocycles. The summed E-state index contributed by atoms with van der Waals surface area (Å²) in [5.41, 5.74) is 4.68. The van der Waals surface area contributed by atoms with Crippen LogP contribution in [0.15, 0.2) is 42.6 Å². The first kappa shape index (κ1) is 11.6. The number of hydrogen-bond acceptors (Lipinski definition) is 2. The van der Waals surface area contributed by atoms with Crippen molar-refractivity contribution in [3.8, 4) is 11.3 Å². The van der Waals surface area contributed by atoms with Gasteiger partial charge in [-0.3, -0.25) is 4.98 Å². The molecule has 0 atom stereocenters. The summed E-state index contributed by atoms with van der Waals surface area (Å²) < 4.78 is 0. The topological polar surface area (TPSA) is 24.9 Å². The Kier molecular flexibility index (Phi) is 3.76. The van der Waals surface area contributed by atoms with Crippen LogP contribution in [-0.4, -0.2) is 12.0 Å². The van der Waals surface area contributed by atoms with E-state index in [0.29, 0.717) is 0 Å². The summed E-state index contributed by atoms with van der Waals surface area (Å²) in [6, 6.07) is 12.7. The fraction of sp³-hybridized carbons (Fsp3) is 0.267. The van der Waals surface area contributed by atoms with Crippen LogP contribution < -0.4 is 5.32 Å². The second-order valence-electron chi connectivity index (χ2n) is 4.13. The summed E-state index contributed by atoms with van der Waals surface area (Å²) in [5.74, 6) is 0. The molecule has 2 aromatic rings. The molecule has 0 spiro atoms. The van der Waals surface area contributed by atoms with Gasteiger partial charge in [0.2, 0.25) is 0 Å². The molecule has 0 fully saturated rings. The minimum atomic E-state index is 1.02. The van der Waals surface area contributed by atoms with Gasteiger partial charge in [0.25, 0.3) is 0 Å². The zero-order chi connectivity index (χ0) is 12.1. The number of rotatable bonds is 4. The SMILES string of the molecule is CCCc1cccc(-c2cc(NC)ccn2)c1. The molecule has 0 unspecified atom stereocenters. The minimum absolute atomic E-state index is 1.02. The molecule has 0 aliphatic carbocycles. The van der Waals surface area contributed by atoms with Gasteiger partial charge in [-0.1, -0.05) is 31.5 Å². The van der Waals surface area contributed by atoms with E-state index < -0.39 is 0 Å². The normalized spacial score (nSPS) is 10.2. The molecule has 17 heavy (non-hydrogen) atoms. The molecule has 88 valence electrons. The van der Waals surface area contributed by atoms with Crippen LogP contribution in [0.4, 0.5) is 5.69 Å². The number of anilines is 1. The summed E-state index contributed by atoms with van der Waals surface area (Å²) in [7, 11) is 1.92. The largest absolute Gasteiger partial charge is 0.388 e. The fourth-order valence-corrected chi connectivity index (χ4v) is 1.92. The summed E-state index contributed by atoms with van der Waals surface area (Å²) in [4.78, 5) is 4.42. The molecule has 0 saturated heterocycles. The van der Waals surface area contributed by atoms with E-state index in [-0.39, 0.29) is 0 Å². The Morgan fingerprint density at radius 2 is 2.06 bits per heavy atom. The van der Waals surface area contributed by atoms with Crippen molar-refractivity contribution >= 4 is 5.69 Å². The van der Waals surface area contributed by atoms with E-state index >= 15 is 0 Å². The molecule has 2 rings (SSSR count). The maximum Gasteiger partial charge on any atom is 0.0722 e. The maximum absolute atomic E-state index is 4.42. The van der Waals surface area contributed by atoms with Crippen LogP contribution in [0.3, 0.4) is 0 Å². The first-order valence-electron chi connectivity index (χ1n) is 6.06. The maximum atomic E-state index is 4.42. The molecule has 2 heteroatoms. The van der Waals surface area contributed by atoms with Crippen LogP contribution in [0.5, 0.6) is 0 Å². The van der Waals surface area contributed by atoms with E-state index in [1.165, 1.54) is 17.5 Å². The van der Waals surface area contributed by atoms with Crippen LogP contribution in [0.2, 0.25) is 0 Å². The van der Waals surface area contributed by atoms with Crippen molar-refractivity contribution in [1.82, 2.24) is 4.98 Å². The lowest BCUT2D eigenvalue weighted by atomic mass is 10.0. The van der Waals surface area contributed by atoms with Gasteiger partial charge in [0.1, 0.15) is 0 Å². The van der Waals surface area contributed by atoms with E-state index in [0.717, 1.165) is 17.8 Å². The monoisotopic (exact) mass is 226 g/mol. The zero-order valence-corrected chi connectivity index (χ0v) is 10.4. The Balaban J connectivity index is 2.34. The molecule has 0 amide bonds. The lowest BCUT2D eigenvalue weighted by Crippen LogP contribution is -1.91. The molecule has 1 N–H and O–H groups in total. The summed E-state index contributed by atoms with van der Waals surface area (Å²) in [6.45, 7) is 2.20. The average molecular weight is 226 g/mol. The highest BCUT2D eigenvalue weighted by Crippen LogP contribution is 2.21. The van der Waals surface area contributed by atoms with Gasteiger partial charge in [0.15, 0.2) is 0 Å². The third-order valence-corrected chi connectivity index (χ3v) is 2.81. The number of nitrogens with one attached hydrogen (secondary N) is 1. The molecule has 1 aromatic carbocycles. The Morgan fingerprint density at radius 3 is 2.82 bits per heavy atom. The van der Waals surface area contributed by atoms with Crippen molar-refractivity contribution in [3.63, 3.8) is 0 Å². The highest BCUT2D eigenvalue weighted by atomic mass is 14.8. The smallest absolute Gasteiger partial charge is 0.0722 e. The van der Waals surface area contributed by atoms with Crippen molar-refractivity contribution in [3.05, 3.63) is 48.2 Å². The highest BCUT2D eigenvalue weighted by molar-refractivity contribution is 5.64. The number of aryl methyl sites for hydroxylation is 1. The van der Waals surface area contributed by atoms with Crippen LogP contribution in [0.1, 0.15) is 18.9 Å². The number of benzene rings is 1. The van der Waals surface area contributed by atoms with Gasteiger partial charge < -0.3 is 5.32 Å². The van der Waals surface area contributed by atoms with Gasteiger partial charge in [0.05, 0.1) is 5.69 Å². The van der Waals surface area contributed by atoms with E-state index in [1.807, 2.05) is 19.3 Å². The number of hydrogen-bond donors (Lipinski definition) is 1. The van der Waals surface area contributed by atoms with E-state index in [4.69, 9.17) is 0 Å². The van der Waals surface area contributed by atoms with Crippen LogP contribution in [0.25, 0.3) is 11.3 Å². The summed E-state index contributed by atoms with van der Waals surface area (Å²) >= 11 is 0. The quantitative estimate of drug-likeness (QED) is 0.859. The molecule has 0 saturated carbocycles. The fourth-order valence-electron chi connectivity index (χ4n) is 1.92. The lowest BCUT2D eigenvalue weighted by molar-refractivity contribution is 0.922. The van der Waals surface area contributed by atoms with Crippen molar-refractivity contribution in [2.75, 3.05) is 12.4 Å². The third kappa shape index (κ3) is 2.84. The predicted molar refractivity (Wildman–Crippen MR) is 73.2 cm³/mol. The number of pyridine rings is 1. The van der Waals surface area contributed by atoms with Crippen molar-refractivity contribution in [2.45, 2.75) is 19.8 Å². The van der Waals surface area contributed by atoms with Crippen molar-refractivity contribution in [2.24, 2.45) is 0 Å². The molecule has 1 aromatic heterocycles. The zero-order valence-electron chi connectivity index (χ0n) is 10.4. The van der Waals surface area contributed by atoms with Gasteiger partial charge in [-0.2, -0.15) is 0 Å². The summed E-state index contributed by atoms with van der Waals surface area (Å²) in [5, 5.41) is 3.14. The van der Waals surface area contributed by atoms with Crippen molar-refractivity contribution in [1.29, 1.82) is 0 Å². The Bertz CT molecular complexity index is 492. The van der Waals surface area contributed by atoms with Gasteiger partial charge >= 0.3 is 0 Å². The Hall–Kier alpha value is -1.83. The third-order valence-electron chi connectivity index (χ3n) is 2.81. The molecule has 0 bridgehead atoms. The average Bonchev–Trinajstić information content (AvgIpc) is 2.40. The van der Waals surface area contributed by atoms with E-state index in [9.17, 15) is 0 Å². The molecule has 2 nitrogen and oxygen atoms in total. The van der Waals surface area contributed by atoms with E-state index in [1.54, 1.807) is 0 Å². The molecule has 0 aliphatic rings. The van der Waals surface area contributed by atoms with Gasteiger partial charge in [-0.05, 0) is 30.2 Å². The second kappa shape index (κ2) is 5.48. The van der Waals surface area contributed by atoms with Crippen molar-refractivity contribution < 1.29 is 0 Å². The van der Waals surface area contributed by atoms with Gasteiger partial charge in [-0.15, -0.1) is 0 Å². The van der Waals surface area contributed by atoms with E-state index in [2.05, 4.69) is 47.6 Å². The number of nitrogens with zero attached hydrogens (tertiary/aromatic N) is 1. The molecule has 0 aliphatic heterocycles. The molecule has 0 radical (unpaired) electrons. The highest BCUT2D eigenvalue weighted by Gasteiger charge is 2.01. The van der Waals surface area contributed by atoms with Crippen LogP contribution in [0, 0.1) is 0 Å². The standard InChI is InChI=1S/C15H18N2/c1-3-5-12-6-4-7-13(10-12)15-11-14(16-2)8-9-17-15/h4,6-11H,3,5H2,1-2H3,(H,16,17). The first-order valence-corrected chi connectivity index (χ1v) is 6.06. The second-order valence-corrected chi connectivity index (χ2v) is 4.13.